The summed E-state index contributed by atoms with van der Waals surface area (Å²) in [5.41, 5.74) is 1.81. The lowest BCUT2D eigenvalue weighted by atomic mass is 10.0. The van der Waals surface area contributed by atoms with E-state index in [9.17, 15) is 9.59 Å². The van der Waals surface area contributed by atoms with Crippen molar-refractivity contribution >= 4 is 34.2 Å². The normalized spacial score (nSPS) is 16.6. The zero-order valence-electron chi connectivity index (χ0n) is 16.0. The van der Waals surface area contributed by atoms with Crippen molar-refractivity contribution in [2.45, 2.75) is 32.7 Å². The Morgan fingerprint density at radius 1 is 1.32 bits per heavy atom. The van der Waals surface area contributed by atoms with Crippen LogP contribution in [0.25, 0.3) is 11.0 Å². The molecule has 2 amide bonds. The average molecular weight is 398 g/mol. The highest BCUT2D eigenvalue weighted by atomic mass is 32.1. The molecule has 1 aliphatic rings. The quantitative estimate of drug-likeness (QED) is 0.718. The Morgan fingerprint density at radius 3 is 2.89 bits per heavy atom. The van der Waals surface area contributed by atoms with Crippen molar-refractivity contribution in [1.29, 1.82) is 0 Å². The molecule has 1 atom stereocenters. The van der Waals surface area contributed by atoms with Crippen molar-refractivity contribution in [2.24, 2.45) is 0 Å². The summed E-state index contributed by atoms with van der Waals surface area (Å²) < 4.78 is 1.86. The molecule has 0 spiro atoms. The Balaban J connectivity index is 1.49. The number of thiophene rings is 1. The van der Waals surface area contributed by atoms with Gasteiger partial charge >= 0.3 is 0 Å². The molecule has 0 unspecified atom stereocenters. The Bertz CT molecular complexity index is 1020. The highest BCUT2D eigenvalue weighted by Crippen LogP contribution is 2.31. The molecule has 0 aliphatic carbocycles. The summed E-state index contributed by atoms with van der Waals surface area (Å²) in [7, 11) is 0. The van der Waals surface area contributed by atoms with Crippen molar-refractivity contribution < 1.29 is 9.59 Å². The lowest BCUT2D eigenvalue weighted by molar-refractivity contribution is -0.127. The fourth-order valence-electron chi connectivity index (χ4n) is 3.68. The van der Waals surface area contributed by atoms with Crippen LogP contribution in [-0.4, -0.2) is 51.1 Å². The number of amides is 2. The molecule has 0 radical (unpaired) electrons. The molecule has 146 valence electrons. The molecule has 0 aromatic carbocycles. The Kier molecular flexibility index (Phi) is 5.13. The van der Waals surface area contributed by atoms with Crippen molar-refractivity contribution in [2.75, 3.05) is 19.6 Å². The molecule has 1 aliphatic heterocycles. The van der Waals surface area contributed by atoms with E-state index < -0.39 is 0 Å². The summed E-state index contributed by atoms with van der Waals surface area (Å²) in [6.45, 7) is 6.09. The van der Waals surface area contributed by atoms with Gasteiger partial charge in [0.25, 0.3) is 5.91 Å². The van der Waals surface area contributed by atoms with Crippen LogP contribution in [0, 0.1) is 6.92 Å². The summed E-state index contributed by atoms with van der Waals surface area (Å²) in [6, 6.07) is 7.74. The van der Waals surface area contributed by atoms with Crippen LogP contribution in [-0.2, 0) is 11.3 Å². The molecule has 0 bridgehead atoms. The molecule has 8 heteroatoms. The first-order valence-electron chi connectivity index (χ1n) is 9.44. The number of nitrogens with zero attached hydrogens (tertiary/aromatic N) is 4. The largest absolute Gasteiger partial charge is 0.349 e. The molecule has 1 fully saturated rings. The van der Waals surface area contributed by atoms with Crippen LogP contribution in [0.5, 0.6) is 0 Å². The average Bonchev–Trinajstić information content (AvgIpc) is 3.40. The first-order chi connectivity index (χ1) is 13.5. The SMILES string of the molecule is CC(=O)N1CC[C@@H](c2nn(CCNC(=O)c3ccc(C)s3)c3ncccc23)C1. The van der Waals surface area contributed by atoms with E-state index in [0.29, 0.717) is 19.6 Å². The van der Waals surface area contributed by atoms with Gasteiger partial charge in [0.15, 0.2) is 5.65 Å². The third-order valence-electron chi connectivity index (χ3n) is 5.13. The van der Waals surface area contributed by atoms with Gasteiger partial charge in [-0.25, -0.2) is 9.67 Å². The van der Waals surface area contributed by atoms with Gasteiger partial charge in [-0.05, 0) is 37.6 Å². The van der Waals surface area contributed by atoms with Crippen molar-refractivity contribution in [3.05, 3.63) is 45.9 Å². The van der Waals surface area contributed by atoms with Crippen LogP contribution in [0.2, 0.25) is 0 Å². The second-order valence-electron chi connectivity index (χ2n) is 7.10. The van der Waals surface area contributed by atoms with Crippen molar-refractivity contribution in [1.82, 2.24) is 25.0 Å². The van der Waals surface area contributed by atoms with E-state index >= 15 is 0 Å². The smallest absolute Gasteiger partial charge is 0.261 e. The maximum Gasteiger partial charge on any atom is 0.261 e. The molecular weight excluding hydrogens is 374 g/mol. The summed E-state index contributed by atoms with van der Waals surface area (Å²) in [6.07, 6.45) is 2.67. The van der Waals surface area contributed by atoms with Gasteiger partial charge in [-0.15, -0.1) is 11.3 Å². The molecule has 7 nitrogen and oxygen atoms in total. The topological polar surface area (TPSA) is 80.1 Å². The fraction of sp³-hybridized carbons (Fsp3) is 0.400. The molecule has 3 aromatic rings. The molecule has 4 heterocycles. The molecule has 28 heavy (non-hydrogen) atoms. The number of carbonyl (C=O) groups excluding carboxylic acids is 2. The van der Waals surface area contributed by atoms with E-state index in [-0.39, 0.29) is 17.7 Å². The first kappa shape index (κ1) is 18.6. The van der Waals surface area contributed by atoms with Crippen molar-refractivity contribution in [3.8, 4) is 0 Å². The molecule has 3 aromatic heterocycles. The second-order valence-corrected chi connectivity index (χ2v) is 8.39. The highest BCUT2D eigenvalue weighted by molar-refractivity contribution is 7.13. The monoisotopic (exact) mass is 397 g/mol. The van der Waals surface area contributed by atoms with Gasteiger partial charge in [0, 0.05) is 48.9 Å². The second kappa shape index (κ2) is 7.71. The van der Waals surface area contributed by atoms with E-state index in [4.69, 9.17) is 5.10 Å². The zero-order valence-corrected chi connectivity index (χ0v) is 16.8. The lowest BCUT2D eigenvalue weighted by Crippen LogP contribution is -2.27. The number of likely N-dealkylation sites (tertiary alicyclic amines) is 1. The van der Waals surface area contributed by atoms with Crippen LogP contribution in [0.3, 0.4) is 0 Å². The van der Waals surface area contributed by atoms with Gasteiger partial charge in [-0.2, -0.15) is 5.10 Å². The van der Waals surface area contributed by atoms with Gasteiger partial charge in [-0.1, -0.05) is 0 Å². The van der Waals surface area contributed by atoms with Gasteiger partial charge in [0.1, 0.15) is 0 Å². The Morgan fingerprint density at radius 2 is 2.18 bits per heavy atom. The number of aromatic nitrogens is 3. The maximum atomic E-state index is 12.2. The number of rotatable bonds is 5. The lowest BCUT2D eigenvalue weighted by Gasteiger charge is -2.12. The summed E-state index contributed by atoms with van der Waals surface area (Å²) >= 11 is 1.49. The molecule has 1 saturated heterocycles. The predicted molar refractivity (Wildman–Crippen MR) is 109 cm³/mol. The third-order valence-corrected chi connectivity index (χ3v) is 6.13. The minimum Gasteiger partial charge on any atom is -0.349 e. The number of fused-ring (bicyclic) bond motifs is 1. The maximum absolute atomic E-state index is 12.2. The molecule has 0 saturated carbocycles. The third kappa shape index (κ3) is 3.64. The van der Waals surface area contributed by atoms with Gasteiger partial charge < -0.3 is 10.2 Å². The number of carbonyl (C=O) groups is 2. The summed E-state index contributed by atoms with van der Waals surface area (Å²) in [5.74, 6) is 0.270. The number of hydrogen-bond acceptors (Lipinski definition) is 5. The van der Waals surface area contributed by atoms with E-state index in [2.05, 4.69) is 10.3 Å². The van der Waals surface area contributed by atoms with Crippen LogP contribution in [0.1, 0.15) is 39.5 Å². The van der Waals surface area contributed by atoms with Crippen molar-refractivity contribution in [3.63, 3.8) is 0 Å². The van der Waals surface area contributed by atoms with E-state index in [1.54, 1.807) is 13.1 Å². The molecule has 4 rings (SSSR count). The predicted octanol–water partition coefficient (Wildman–Crippen LogP) is 2.57. The van der Waals surface area contributed by atoms with Gasteiger partial charge in [0.2, 0.25) is 5.91 Å². The zero-order chi connectivity index (χ0) is 19.7. The van der Waals surface area contributed by atoms with Crippen LogP contribution in [0.15, 0.2) is 30.5 Å². The van der Waals surface area contributed by atoms with Crippen LogP contribution >= 0.6 is 11.3 Å². The number of aryl methyl sites for hydroxylation is 1. The first-order valence-corrected chi connectivity index (χ1v) is 10.3. The fourth-order valence-corrected chi connectivity index (χ4v) is 4.46. The number of pyridine rings is 1. The Labute approximate surface area is 167 Å². The minimum absolute atomic E-state index is 0.0596. The van der Waals surface area contributed by atoms with E-state index in [0.717, 1.165) is 39.4 Å². The van der Waals surface area contributed by atoms with E-state index in [1.165, 1.54) is 11.3 Å². The molecule has 1 N–H and O–H groups in total. The highest BCUT2D eigenvalue weighted by Gasteiger charge is 2.29. The minimum atomic E-state index is -0.0596. The Hall–Kier alpha value is -2.74. The number of hydrogen-bond donors (Lipinski definition) is 1. The van der Waals surface area contributed by atoms with E-state index in [1.807, 2.05) is 40.8 Å². The van der Waals surface area contributed by atoms with Gasteiger partial charge in [0.05, 0.1) is 17.1 Å². The van der Waals surface area contributed by atoms with Crippen LogP contribution < -0.4 is 5.32 Å². The summed E-state index contributed by atoms with van der Waals surface area (Å²) in [5, 5.41) is 8.79. The standard InChI is InChI=1S/C20H23N5O2S/c1-13-5-6-17(28-13)20(27)22-9-11-25-19-16(4-3-8-21-19)18(23-25)15-7-10-24(12-15)14(2)26/h3-6,8,15H,7,9-12H2,1-2H3,(H,22,27)/t15-/m1/s1. The van der Waals surface area contributed by atoms with Crippen LogP contribution in [0.4, 0.5) is 0 Å². The molecular formula is C20H23N5O2S. The number of nitrogens with one attached hydrogen (secondary N) is 1. The summed E-state index contributed by atoms with van der Waals surface area (Å²) in [4.78, 5) is 32.1. The van der Waals surface area contributed by atoms with Gasteiger partial charge in [-0.3, -0.25) is 9.59 Å².